The fraction of sp³-hybridized carbons (Fsp3) is 0.643. The molecule has 0 radical (unpaired) electrons. The average Bonchev–Trinajstić information content (AvgIpc) is 3.00. The van der Waals surface area contributed by atoms with Crippen molar-refractivity contribution in [1.29, 1.82) is 0 Å². The minimum atomic E-state index is -0.437. The third kappa shape index (κ3) is 4.98. The van der Waals surface area contributed by atoms with Crippen molar-refractivity contribution < 1.29 is 19.1 Å². The lowest BCUT2D eigenvalue weighted by molar-refractivity contribution is -0.126. The van der Waals surface area contributed by atoms with Gasteiger partial charge in [-0.1, -0.05) is 19.4 Å². The maximum atomic E-state index is 13.1. The van der Waals surface area contributed by atoms with Gasteiger partial charge >= 0.3 is 0 Å². The van der Waals surface area contributed by atoms with Crippen molar-refractivity contribution in [3.05, 3.63) is 41.6 Å². The summed E-state index contributed by atoms with van der Waals surface area (Å²) in [4.78, 5) is 29.9. The van der Waals surface area contributed by atoms with E-state index in [2.05, 4.69) is 23.7 Å². The van der Waals surface area contributed by atoms with E-state index in [1.165, 1.54) is 19.3 Å². The molecule has 0 aromatic heterocycles. The van der Waals surface area contributed by atoms with Crippen molar-refractivity contribution in [2.75, 3.05) is 20.2 Å². The fourth-order valence-electron chi connectivity index (χ4n) is 6.22. The Balaban J connectivity index is 1.28. The number of fused-ring (bicyclic) bond motifs is 1. The quantitative estimate of drug-likeness (QED) is 0.644. The van der Waals surface area contributed by atoms with Crippen molar-refractivity contribution in [2.24, 2.45) is 0 Å². The summed E-state index contributed by atoms with van der Waals surface area (Å²) in [6.07, 6.45) is 9.45. The van der Waals surface area contributed by atoms with Crippen LogP contribution in [0.15, 0.2) is 30.5 Å². The monoisotopic (exact) mass is 481 g/mol. The van der Waals surface area contributed by atoms with Crippen LogP contribution in [0.2, 0.25) is 0 Å². The van der Waals surface area contributed by atoms with E-state index in [0.717, 1.165) is 55.8 Å². The number of piperidine rings is 2. The largest absolute Gasteiger partial charge is 0.489 e. The molecule has 1 saturated carbocycles. The summed E-state index contributed by atoms with van der Waals surface area (Å²) >= 11 is 0. The second kappa shape index (κ2) is 9.94. The first-order chi connectivity index (χ1) is 16.9. The van der Waals surface area contributed by atoms with E-state index < -0.39 is 6.04 Å². The predicted octanol–water partition coefficient (Wildman–Crippen LogP) is 4.02. The predicted molar refractivity (Wildman–Crippen MR) is 134 cm³/mol. The third-order valence-corrected chi connectivity index (χ3v) is 8.63. The summed E-state index contributed by atoms with van der Waals surface area (Å²) in [6, 6.07) is 5.80. The number of allylic oxidation sites excluding steroid dienone is 1. The highest BCUT2D eigenvalue weighted by Crippen LogP contribution is 2.34. The standard InChI is InChI=1S/C28H39N3O4/c1-19-9-12-24(26(32)29-19)31-18-20-17-21(10-11-22(20)27(31)33)35-25-8-6-4-5-7-23(25)30-15-13-28(2,34-3)14-16-30/h10-11,17,23-25H,1,4-9,12-16,18H2,2-3H3,(H,29,32)/t23-,24?,25-/m1/s1. The number of hydrogen-bond acceptors (Lipinski definition) is 5. The SMILES string of the molecule is C=C1CCC(N2Cc3cc(O[C@@H]4CCCCC[C@H]4N4CCC(C)(OC)CC4)ccc3C2=O)C(=O)N1. The molecule has 2 saturated heterocycles. The molecule has 0 bridgehead atoms. The van der Waals surface area contributed by atoms with Gasteiger partial charge in [0.15, 0.2) is 0 Å². The lowest BCUT2D eigenvalue weighted by Gasteiger charge is -2.43. The Morgan fingerprint density at radius 3 is 2.60 bits per heavy atom. The molecule has 5 rings (SSSR count). The molecule has 1 aliphatic carbocycles. The Bertz CT molecular complexity index is 984. The van der Waals surface area contributed by atoms with Crippen LogP contribution in [-0.2, 0) is 16.1 Å². The molecule has 7 heteroatoms. The van der Waals surface area contributed by atoms with Gasteiger partial charge < -0.3 is 19.7 Å². The lowest BCUT2D eigenvalue weighted by atomic mass is 9.91. The highest BCUT2D eigenvalue weighted by molar-refractivity contribution is 6.01. The van der Waals surface area contributed by atoms with Crippen molar-refractivity contribution in [3.8, 4) is 5.75 Å². The van der Waals surface area contributed by atoms with Crippen LogP contribution in [0.3, 0.4) is 0 Å². The van der Waals surface area contributed by atoms with Gasteiger partial charge in [0.2, 0.25) is 5.91 Å². The van der Waals surface area contributed by atoms with Crippen LogP contribution in [0, 0.1) is 0 Å². The van der Waals surface area contributed by atoms with Crippen LogP contribution in [0.25, 0.3) is 0 Å². The Hall–Kier alpha value is -2.38. The van der Waals surface area contributed by atoms with Crippen LogP contribution in [0.5, 0.6) is 5.75 Å². The average molecular weight is 482 g/mol. The van der Waals surface area contributed by atoms with Gasteiger partial charge in [-0.3, -0.25) is 14.5 Å². The number of nitrogens with zero attached hydrogens (tertiary/aromatic N) is 2. The normalized spacial score (nSPS) is 29.5. The van der Waals surface area contributed by atoms with Gasteiger partial charge in [-0.25, -0.2) is 0 Å². The molecule has 3 atom stereocenters. The smallest absolute Gasteiger partial charge is 0.255 e. The topological polar surface area (TPSA) is 71.1 Å². The maximum Gasteiger partial charge on any atom is 0.255 e. The molecule has 1 N–H and O–H groups in total. The zero-order valence-electron chi connectivity index (χ0n) is 21.2. The molecule has 3 fully saturated rings. The number of likely N-dealkylation sites (tertiary alicyclic amines) is 1. The van der Waals surface area contributed by atoms with E-state index in [4.69, 9.17) is 9.47 Å². The molecule has 1 unspecified atom stereocenters. The summed E-state index contributed by atoms with van der Waals surface area (Å²) in [7, 11) is 1.82. The van der Waals surface area contributed by atoms with Crippen LogP contribution >= 0.6 is 0 Å². The van der Waals surface area contributed by atoms with Gasteiger partial charge in [0, 0.05) is 44.0 Å². The molecule has 3 aliphatic heterocycles. The number of rotatable bonds is 5. The lowest BCUT2D eigenvalue weighted by Crippen LogP contribution is -2.52. The number of hydrogen-bond donors (Lipinski definition) is 1. The first kappa shape index (κ1) is 24.3. The van der Waals surface area contributed by atoms with E-state index in [0.29, 0.717) is 31.0 Å². The van der Waals surface area contributed by atoms with E-state index in [9.17, 15) is 9.59 Å². The Labute approximate surface area is 208 Å². The minimum Gasteiger partial charge on any atom is -0.489 e. The summed E-state index contributed by atoms with van der Waals surface area (Å²) in [5, 5.41) is 2.81. The minimum absolute atomic E-state index is 0.0154. The van der Waals surface area contributed by atoms with Crippen molar-refractivity contribution in [1.82, 2.24) is 15.1 Å². The summed E-state index contributed by atoms with van der Waals surface area (Å²) < 4.78 is 12.4. The van der Waals surface area contributed by atoms with Crippen LogP contribution in [0.1, 0.15) is 80.6 Å². The molecule has 0 spiro atoms. The number of carbonyl (C=O) groups excluding carboxylic acids is 2. The van der Waals surface area contributed by atoms with Gasteiger partial charge in [-0.05, 0) is 75.6 Å². The van der Waals surface area contributed by atoms with Crippen molar-refractivity contribution in [2.45, 2.75) is 95.0 Å². The number of ether oxygens (including phenoxy) is 2. The molecule has 4 aliphatic rings. The van der Waals surface area contributed by atoms with Crippen molar-refractivity contribution >= 4 is 11.8 Å². The zero-order chi connectivity index (χ0) is 24.6. The Morgan fingerprint density at radius 1 is 1.09 bits per heavy atom. The summed E-state index contributed by atoms with van der Waals surface area (Å²) in [6.45, 7) is 8.59. The highest BCUT2D eigenvalue weighted by atomic mass is 16.5. The van der Waals surface area contributed by atoms with Crippen molar-refractivity contribution in [3.63, 3.8) is 0 Å². The molecule has 190 valence electrons. The van der Waals surface area contributed by atoms with E-state index in [-0.39, 0.29) is 23.5 Å². The van der Waals surface area contributed by atoms with Gasteiger partial charge in [0.1, 0.15) is 17.9 Å². The van der Waals surface area contributed by atoms with Gasteiger partial charge in [0.05, 0.1) is 5.60 Å². The summed E-state index contributed by atoms with van der Waals surface area (Å²) in [5.41, 5.74) is 2.34. The molecule has 1 aromatic rings. The maximum absolute atomic E-state index is 13.1. The molecule has 35 heavy (non-hydrogen) atoms. The van der Waals surface area contributed by atoms with E-state index in [1.54, 1.807) is 4.90 Å². The number of methoxy groups -OCH3 is 1. The first-order valence-corrected chi connectivity index (χ1v) is 13.3. The molecule has 2 amide bonds. The third-order valence-electron chi connectivity index (χ3n) is 8.63. The van der Waals surface area contributed by atoms with Crippen LogP contribution in [-0.4, -0.2) is 65.6 Å². The molecular weight excluding hydrogens is 442 g/mol. The highest BCUT2D eigenvalue weighted by Gasteiger charge is 2.39. The van der Waals surface area contributed by atoms with Crippen LogP contribution in [0.4, 0.5) is 0 Å². The second-order valence-electron chi connectivity index (χ2n) is 11.0. The fourth-order valence-corrected chi connectivity index (χ4v) is 6.22. The second-order valence-corrected chi connectivity index (χ2v) is 11.0. The van der Waals surface area contributed by atoms with Gasteiger partial charge in [0.25, 0.3) is 5.91 Å². The number of carbonyl (C=O) groups is 2. The number of amides is 2. The van der Waals surface area contributed by atoms with Gasteiger partial charge in [-0.15, -0.1) is 0 Å². The zero-order valence-corrected chi connectivity index (χ0v) is 21.2. The number of nitrogens with one attached hydrogen (secondary N) is 1. The molecule has 3 heterocycles. The Morgan fingerprint density at radius 2 is 1.86 bits per heavy atom. The molecular formula is C28H39N3O4. The molecule has 1 aromatic carbocycles. The number of benzene rings is 1. The molecule has 7 nitrogen and oxygen atoms in total. The summed E-state index contributed by atoms with van der Waals surface area (Å²) in [5.74, 6) is 0.628. The Kier molecular flexibility index (Phi) is 6.91. The first-order valence-electron chi connectivity index (χ1n) is 13.3. The van der Waals surface area contributed by atoms with Gasteiger partial charge in [-0.2, -0.15) is 0 Å². The van der Waals surface area contributed by atoms with E-state index >= 15 is 0 Å². The van der Waals surface area contributed by atoms with Crippen LogP contribution < -0.4 is 10.1 Å². The van der Waals surface area contributed by atoms with E-state index in [1.807, 2.05) is 25.3 Å².